The lowest BCUT2D eigenvalue weighted by Crippen LogP contribution is -2.38. The van der Waals surface area contributed by atoms with E-state index < -0.39 is 0 Å². The van der Waals surface area contributed by atoms with E-state index in [4.69, 9.17) is 34.8 Å². The number of carbonyl (C=O) groups excluding carboxylic acids is 1. The number of hydrogen-bond donors (Lipinski definition) is 1. The molecule has 1 heterocycles. The first-order chi connectivity index (χ1) is 11.9. The highest BCUT2D eigenvalue weighted by atomic mass is 35.5. The van der Waals surface area contributed by atoms with Gasteiger partial charge in [0.1, 0.15) is 0 Å². The van der Waals surface area contributed by atoms with Gasteiger partial charge in [-0.15, -0.1) is 0 Å². The third-order valence-electron chi connectivity index (χ3n) is 3.44. The number of nitrogens with one attached hydrogen (secondary N) is 1. The fourth-order valence-corrected chi connectivity index (χ4v) is 3.61. The summed E-state index contributed by atoms with van der Waals surface area (Å²) in [6, 6.07) is 11.6. The zero-order valence-electron chi connectivity index (χ0n) is 13.2. The van der Waals surface area contributed by atoms with Crippen molar-refractivity contribution >= 4 is 69.1 Å². The van der Waals surface area contributed by atoms with E-state index in [1.807, 2.05) is 0 Å². The van der Waals surface area contributed by atoms with Crippen LogP contribution < -0.4 is 10.2 Å². The monoisotopic (exact) mass is 413 g/mol. The van der Waals surface area contributed by atoms with Crippen LogP contribution in [0.2, 0.25) is 15.1 Å². The lowest BCUT2D eigenvalue weighted by molar-refractivity contribution is 0.259. The Labute approximate surface area is 165 Å². The lowest BCUT2D eigenvalue weighted by Gasteiger charge is -2.23. The molecule has 0 bridgehead atoms. The van der Waals surface area contributed by atoms with Crippen molar-refractivity contribution in [3.63, 3.8) is 0 Å². The number of amidine groups is 1. The molecule has 0 unspecified atom stereocenters. The molecule has 1 N–H and O–H groups in total. The first kappa shape index (κ1) is 18.4. The zero-order valence-corrected chi connectivity index (χ0v) is 16.3. The van der Waals surface area contributed by atoms with Crippen molar-refractivity contribution in [2.75, 3.05) is 16.8 Å². The Kier molecular flexibility index (Phi) is 5.79. The Morgan fingerprint density at radius 2 is 1.88 bits per heavy atom. The van der Waals surface area contributed by atoms with Crippen LogP contribution in [0.25, 0.3) is 0 Å². The topological polar surface area (TPSA) is 44.7 Å². The van der Waals surface area contributed by atoms with Gasteiger partial charge in [-0.3, -0.25) is 4.99 Å². The average Bonchev–Trinajstić information content (AvgIpc) is 2.99. The lowest BCUT2D eigenvalue weighted by atomic mass is 10.3. The molecular weight excluding hydrogens is 401 g/mol. The summed E-state index contributed by atoms with van der Waals surface area (Å²) in [6.45, 7) is 2.72. The minimum absolute atomic E-state index is 0.309. The number of halogens is 3. The van der Waals surface area contributed by atoms with E-state index in [9.17, 15) is 4.79 Å². The van der Waals surface area contributed by atoms with Crippen molar-refractivity contribution in [1.82, 2.24) is 0 Å². The van der Waals surface area contributed by atoms with Crippen molar-refractivity contribution in [3.8, 4) is 0 Å². The molecule has 1 aliphatic heterocycles. The molecule has 8 heteroatoms. The molecule has 1 aliphatic rings. The van der Waals surface area contributed by atoms with E-state index in [2.05, 4.69) is 17.2 Å². The predicted octanol–water partition coefficient (Wildman–Crippen LogP) is 6.18. The van der Waals surface area contributed by atoms with Crippen molar-refractivity contribution in [2.24, 2.45) is 4.99 Å². The van der Waals surface area contributed by atoms with Crippen LogP contribution in [0.1, 0.15) is 6.92 Å². The number of amides is 2. The summed E-state index contributed by atoms with van der Waals surface area (Å²) in [5, 5.41) is 5.19. The summed E-state index contributed by atoms with van der Waals surface area (Å²) in [5.74, 6) is 0. The van der Waals surface area contributed by atoms with Crippen LogP contribution in [0.3, 0.4) is 0 Å². The minimum Gasteiger partial charge on any atom is -0.307 e. The van der Waals surface area contributed by atoms with Crippen LogP contribution in [-0.2, 0) is 0 Å². The average molecular weight is 415 g/mol. The van der Waals surface area contributed by atoms with Crippen molar-refractivity contribution < 1.29 is 4.79 Å². The van der Waals surface area contributed by atoms with Gasteiger partial charge in [0, 0.05) is 16.0 Å². The highest BCUT2D eigenvalue weighted by molar-refractivity contribution is 8.15. The number of thioether (sulfide) groups is 1. The van der Waals surface area contributed by atoms with E-state index >= 15 is 0 Å². The van der Waals surface area contributed by atoms with Gasteiger partial charge in [-0.25, -0.2) is 9.69 Å². The molecule has 0 radical (unpaired) electrons. The smallest absolute Gasteiger partial charge is 0.307 e. The number of rotatable bonds is 2. The summed E-state index contributed by atoms with van der Waals surface area (Å²) < 4.78 is 0. The first-order valence-electron chi connectivity index (χ1n) is 7.47. The Morgan fingerprint density at radius 1 is 1.16 bits per heavy atom. The third-order valence-corrected chi connectivity index (χ3v) is 5.51. The maximum Gasteiger partial charge on any atom is 0.332 e. The van der Waals surface area contributed by atoms with E-state index in [0.717, 1.165) is 0 Å². The largest absolute Gasteiger partial charge is 0.332 e. The van der Waals surface area contributed by atoms with Crippen LogP contribution in [0, 0.1) is 0 Å². The van der Waals surface area contributed by atoms with Crippen LogP contribution in [0.4, 0.5) is 16.2 Å². The maximum absolute atomic E-state index is 12.9. The van der Waals surface area contributed by atoms with Gasteiger partial charge < -0.3 is 5.32 Å². The van der Waals surface area contributed by atoms with E-state index in [-0.39, 0.29) is 6.03 Å². The van der Waals surface area contributed by atoms with Gasteiger partial charge in [-0.2, -0.15) is 0 Å². The number of carbonyl (C=O) groups is 1. The van der Waals surface area contributed by atoms with Crippen LogP contribution in [0.5, 0.6) is 0 Å². The maximum atomic E-state index is 12.9. The SMILES string of the molecule is C[C@@H]1CN=C(N(C(=O)Nc2ccc(Cl)cc2)c2ccc(Cl)c(Cl)c2)S1. The fourth-order valence-electron chi connectivity index (χ4n) is 2.24. The second kappa shape index (κ2) is 7.87. The number of benzene rings is 2. The van der Waals surface area contributed by atoms with E-state index in [1.54, 1.807) is 42.5 Å². The molecular formula is C17H14Cl3N3OS. The molecule has 2 amide bonds. The molecule has 0 spiro atoms. The summed E-state index contributed by atoms with van der Waals surface area (Å²) in [5.41, 5.74) is 1.23. The fraction of sp³-hybridized carbons (Fsp3) is 0.176. The molecule has 0 saturated carbocycles. The minimum atomic E-state index is -0.332. The molecule has 4 nitrogen and oxygen atoms in total. The summed E-state index contributed by atoms with van der Waals surface area (Å²) in [6.07, 6.45) is 0. The summed E-state index contributed by atoms with van der Waals surface area (Å²) in [4.78, 5) is 18.9. The summed E-state index contributed by atoms with van der Waals surface area (Å²) >= 11 is 19.5. The predicted molar refractivity (Wildman–Crippen MR) is 109 cm³/mol. The Balaban J connectivity index is 1.91. The van der Waals surface area contributed by atoms with Crippen LogP contribution >= 0.6 is 46.6 Å². The van der Waals surface area contributed by atoms with Crippen molar-refractivity contribution in [1.29, 1.82) is 0 Å². The molecule has 0 aliphatic carbocycles. The van der Waals surface area contributed by atoms with Crippen LogP contribution in [0.15, 0.2) is 47.5 Å². The number of anilines is 2. The standard InChI is InChI=1S/C17H14Cl3N3OS/c1-10-9-21-17(25-10)23(13-6-7-14(19)15(20)8-13)16(24)22-12-4-2-11(18)3-5-12/h2-8,10H,9H2,1H3,(H,22,24)/t10-/m1/s1. The van der Waals surface area contributed by atoms with Crippen molar-refractivity contribution in [2.45, 2.75) is 12.2 Å². The van der Waals surface area contributed by atoms with Gasteiger partial charge in [0.05, 0.1) is 22.3 Å². The Hall–Kier alpha value is -1.40. The molecule has 2 aromatic rings. The van der Waals surface area contributed by atoms with Gasteiger partial charge in [-0.05, 0) is 42.5 Å². The van der Waals surface area contributed by atoms with Gasteiger partial charge in [-0.1, -0.05) is 53.5 Å². The van der Waals surface area contributed by atoms with Crippen molar-refractivity contribution in [3.05, 3.63) is 57.5 Å². The number of nitrogens with zero attached hydrogens (tertiary/aromatic N) is 2. The van der Waals surface area contributed by atoms with E-state index in [0.29, 0.717) is 43.4 Å². The van der Waals surface area contributed by atoms with Gasteiger partial charge in [0.25, 0.3) is 0 Å². The number of hydrogen-bond acceptors (Lipinski definition) is 3. The van der Waals surface area contributed by atoms with Gasteiger partial charge in [0.15, 0.2) is 5.17 Å². The second-order valence-electron chi connectivity index (χ2n) is 5.42. The second-order valence-corrected chi connectivity index (χ2v) is 8.08. The molecule has 130 valence electrons. The van der Waals surface area contributed by atoms with Gasteiger partial charge in [0.2, 0.25) is 0 Å². The van der Waals surface area contributed by atoms with Crippen LogP contribution in [-0.4, -0.2) is 23.0 Å². The van der Waals surface area contributed by atoms with E-state index in [1.165, 1.54) is 16.7 Å². The molecule has 3 rings (SSSR count). The highest BCUT2D eigenvalue weighted by Gasteiger charge is 2.28. The first-order valence-corrected chi connectivity index (χ1v) is 9.48. The third kappa shape index (κ3) is 4.42. The molecule has 0 aromatic heterocycles. The van der Waals surface area contributed by atoms with Gasteiger partial charge >= 0.3 is 6.03 Å². The number of urea groups is 1. The zero-order chi connectivity index (χ0) is 18.0. The highest BCUT2D eigenvalue weighted by Crippen LogP contribution is 2.32. The molecule has 2 aromatic carbocycles. The molecule has 1 atom stereocenters. The quantitative estimate of drug-likeness (QED) is 0.638. The summed E-state index contributed by atoms with van der Waals surface area (Å²) in [7, 11) is 0. The normalized spacial score (nSPS) is 16.5. The molecule has 25 heavy (non-hydrogen) atoms. The number of aliphatic imine (C=N–C) groups is 1. The molecule has 0 fully saturated rings. The Morgan fingerprint density at radius 3 is 2.48 bits per heavy atom. The molecule has 0 saturated heterocycles. The Bertz CT molecular complexity index is 826.